The molecule has 2 nitrogen and oxygen atoms in total. The SMILES string of the molecule is CC(N)c1cc2cc(C(F)(F)F)ccc2n1C(C)C. The molecule has 1 atom stereocenters. The summed E-state index contributed by atoms with van der Waals surface area (Å²) in [6, 6.07) is 5.49. The maximum Gasteiger partial charge on any atom is 0.416 e. The van der Waals surface area contributed by atoms with Gasteiger partial charge in [0.15, 0.2) is 0 Å². The Kier molecular flexibility index (Phi) is 3.34. The molecule has 0 saturated carbocycles. The summed E-state index contributed by atoms with van der Waals surface area (Å²) in [7, 11) is 0. The zero-order valence-corrected chi connectivity index (χ0v) is 11.1. The van der Waals surface area contributed by atoms with Crippen LogP contribution in [0.2, 0.25) is 0 Å². The van der Waals surface area contributed by atoms with Gasteiger partial charge in [-0.25, -0.2) is 0 Å². The van der Waals surface area contributed by atoms with Crippen molar-refractivity contribution in [1.82, 2.24) is 4.57 Å². The van der Waals surface area contributed by atoms with E-state index in [1.54, 1.807) is 6.07 Å². The first-order valence-electron chi connectivity index (χ1n) is 6.19. The minimum atomic E-state index is -4.32. The molecule has 1 aromatic heterocycles. The lowest BCUT2D eigenvalue weighted by Crippen LogP contribution is -2.13. The van der Waals surface area contributed by atoms with Crippen molar-refractivity contribution in [3.05, 3.63) is 35.5 Å². The van der Waals surface area contributed by atoms with Gasteiger partial charge >= 0.3 is 6.18 Å². The molecular weight excluding hydrogens is 253 g/mol. The minimum Gasteiger partial charge on any atom is -0.341 e. The molecule has 0 radical (unpaired) electrons. The molecule has 2 N–H and O–H groups in total. The van der Waals surface area contributed by atoms with Gasteiger partial charge in [0.1, 0.15) is 0 Å². The average molecular weight is 270 g/mol. The summed E-state index contributed by atoms with van der Waals surface area (Å²) in [4.78, 5) is 0. The zero-order valence-electron chi connectivity index (χ0n) is 11.1. The van der Waals surface area contributed by atoms with E-state index in [0.29, 0.717) is 5.39 Å². The Balaban J connectivity index is 2.70. The highest BCUT2D eigenvalue weighted by Gasteiger charge is 2.31. The van der Waals surface area contributed by atoms with Crippen LogP contribution in [0.15, 0.2) is 24.3 Å². The van der Waals surface area contributed by atoms with Crippen LogP contribution in [-0.4, -0.2) is 4.57 Å². The zero-order chi connectivity index (χ0) is 14.4. The molecule has 1 unspecified atom stereocenters. The van der Waals surface area contributed by atoms with E-state index in [2.05, 4.69) is 0 Å². The topological polar surface area (TPSA) is 30.9 Å². The van der Waals surface area contributed by atoms with E-state index >= 15 is 0 Å². The summed E-state index contributed by atoms with van der Waals surface area (Å²) in [6.07, 6.45) is -4.32. The van der Waals surface area contributed by atoms with Gasteiger partial charge in [0.05, 0.1) is 5.56 Å². The van der Waals surface area contributed by atoms with Crippen LogP contribution < -0.4 is 5.73 Å². The number of aromatic nitrogens is 1. The van der Waals surface area contributed by atoms with E-state index in [-0.39, 0.29) is 12.1 Å². The quantitative estimate of drug-likeness (QED) is 0.868. The molecule has 1 aromatic carbocycles. The lowest BCUT2D eigenvalue weighted by atomic mass is 10.1. The average Bonchev–Trinajstić information content (AvgIpc) is 2.65. The van der Waals surface area contributed by atoms with Crippen molar-refractivity contribution in [1.29, 1.82) is 0 Å². The number of halogens is 3. The highest BCUT2D eigenvalue weighted by molar-refractivity contribution is 5.82. The van der Waals surface area contributed by atoms with Crippen molar-refractivity contribution in [3.8, 4) is 0 Å². The summed E-state index contributed by atoms with van der Waals surface area (Å²) in [5, 5.41) is 0.579. The van der Waals surface area contributed by atoms with E-state index in [0.717, 1.165) is 17.3 Å². The number of rotatable bonds is 2. The summed E-state index contributed by atoms with van der Waals surface area (Å²) < 4.78 is 40.1. The number of nitrogens with zero attached hydrogens (tertiary/aromatic N) is 1. The van der Waals surface area contributed by atoms with Gasteiger partial charge in [0.25, 0.3) is 0 Å². The fraction of sp³-hybridized carbons (Fsp3) is 0.429. The lowest BCUT2D eigenvalue weighted by molar-refractivity contribution is -0.137. The maximum atomic E-state index is 12.7. The molecule has 1 heterocycles. The maximum absolute atomic E-state index is 12.7. The van der Waals surface area contributed by atoms with Gasteiger partial charge in [0.2, 0.25) is 0 Å². The van der Waals surface area contributed by atoms with E-state index in [9.17, 15) is 13.2 Å². The van der Waals surface area contributed by atoms with Crippen molar-refractivity contribution >= 4 is 10.9 Å². The number of fused-ring (bicyclic) bond motifs is 1. The Bertz CT molecular complexity index is 594. The summed E-state index contributed by atoms with van der Waals surface area (Å²) in [5.41, 5.74) is 6.91. The Morgan fingerprint density at radius 1 is 1.11 bits per heavy atom. The molecule has 0 spiro atoms. The van der Waals surface area contributed by atoms with Crippen LogP contribution in [0.25, 0.3) is 10.9 Å². The third kappa shape index (κ3) is 2.47. The fourth-order valence-corrected chi connectivity index (χ4v) is 2.36. The molecule has 5 heteroatoms. The molecule has 0 aliphatic heterocycles. The van der Waals surface area contributed by atoms with Crippen LogP contribution >= 0.6 is 0 Å². The van der Waals surface area contributed by atoms with Gasteiger partial charge in [-0.05, 0) is 45.0 Å². The van der Waals surface area contributed by atoms with Gasteiger partial charge in [-0.2, -0.15) is 13.2 Å². The molecule has 0 bridgehead atoms. The van der Waals surface area contributed by atoms with Crippen LogP contribution in [0.5, 0.6) is 0 Å². The number of hydrogen-bond acceptors (Lipinski definition) is 1. The third-order valence-electron chi connectivity index (χ3n) is 3.18. The monoisotopic (exact) mass is 270 g/mol. The van der Waals surface area contributed by atoms with Crippen molar-refractivity contribution in [2.75, 3.05) is 0 Å². The smallest absolute Gasteiger partial charge is 0.341 e. The molecule has 0 fully saturated rings. The Hall–Kier alpha value is -1.49. The van der Waals surface area contributed by atoms with Crippen molar-refractivity contribution in [2.24, 2.45) is 5.73 Å². The fourth-order valence-electron chi connectivity index (χ4n) is 2.36. The van der Waals surface area contributed by atoms with Gasteiger partial charge in [-0.1, -0.05) is 0 Å². The van der Waals surface area contributed by atoms with Crippen LogP contribution in [-0.2, 0) is 6.18 Å². The molecule has 0 saturated heterocycles. The molecular formula is C14H17F3N2. The van der Waals surface area contributed by atoms with E-state index in [4.69, 9.17) is 5.73 Å². The van der Waals surface area contributed by atoms with Gasteiger partial charge < -0.3 is 10.3 Å². The van der Waals surface area contributed by atoms with Crippen molar-refractivity contribution < 1.29 is 13.2 Å². The first-order chi connectivity index (χ1) is 8.71. The molecule has 0 aliphatic rings. The molecule has 104 valence electrons. The number of alkyl halides is 3. The normalized spacial score (nSPS) is 14.3. The largest absolute Gasteiger partial charge is 0.416 e. The van der Waals surface area contributed by atoms with Crippen LogP contribution in [0.3, 0.4) is 0 Å². The van der Waals surface area contributed by atoms with Crippen molar-refractivity contribution in [2.45, 2.75) is 39.0 Å². The lowest BCUT2D eigenvalue weighted by Gasteiger charge is -2.17. The van der Waals surface area contributed by atoms with E-state index < -0.39 is 11.7 Å². The van der Waals surface area contributed by atoms with Crippen LogP contribution in [0, 0.1) is 0 Å². The molecule has 0 amide bonds. The Labute approximate surface area is 110 Å². The first kappa shape index (κ1) is 13.9. The van der Waals surface area contributed by atoms with Gasteiger partial charge in [-0.15, -0.1) is 0 Å². The Morgan fingerprint density at radius 3 is 2.21 bits per heavy atom. The van der Waals surface area contributed by atoms with Gasteiger partial charge in [0, 0.05) is 28.7 Å². The molecule has 0 aliphatic carbocycles. The first-order valence-corrected chi connectivity index (χ1v) is 6.19. The summed E-state index contributed by atoms with van der Waals surface area (Å²) in [5.74, 6) is 0. The molecule has 2 rings (SSSR count). The predicted molar refractivity (Wildman–Crippen MR) is 69.9 cm³/mol. The molecule has 2 aromatic rings. The van der Waals surface area contributed by atoms with Crippen molar-refractivity contribution in [3.63, 3.8) is 0 Å². The minimum absolute atomic E-state index is 0.148. The standard InChI is InChI=1S/C14H17F3N2/c1-8(2)19-12-5-4-11(14(15,16)17)6-10(12)7-13(19)9(3)18/h4-9H,18H2,1-3H3. The second-order valence-corrected chi connectivity index (χ2v) is 5.09. The summed E-state index contributed by atoms with van der Waals surface area (Å²) >= 11 is 0. The van der Waals surface area contributed by atoms with Crippen LogP contribution in [0.1, 0.15) is 44.1 Å². The number of hydrogen-bond donors (Lipinski definition) is 1. The number of benzene rings is 1. The van der Waals surface area contributed by atoms with Crippen LogP contribution in [0.4, 0.5) is 13.2 Å². The predicted octanol–water partition coefficient (Wildman–Crippen LogP) is 4.26. The number of nitrogens with two attached hydrogens (primary N) is 1. The highest BCUT2D eigenvalue weighted by Crippen LogP contribution is 2.34. The van der Waals surface area contributed by atoms with Gasteiger partial charge in [-0.3, -0.25) is 0 Å². The van der Waals surface area contributed by atoms with E-state index in [1.807, 2.05) is 25.3 Å². The second kappa shape index (κ2) is 4.56. The second-order valence-electron chi connectivity index (χ2n) is 5.09. The summed E-state index contributed by atoms with van der Waals surface area (Å²) in [6.45, 7) is 5.81. The van der Waals surface area contributed by atoms with E-state index in [1.165, 1.54) is 12.1 Å². The third-order valence-corrected chi connectivity index (χ3v) is 3.18. The molecule has 19 heavy (non-hydrogen) atoms. The highest BCUT2D eigenvalue weighted by atomic mass is 19.4. The Morgan fingerprint density at radius 2 is 1.74 bits per heavy atom.